The number of halogens is 1. The van der Waals surface area contributed by atoms with Gasteiger partial charge in [-0.3, -0.25) is 4.79 Å². The van der Waals surface area contributed by atoms with Gasteiger partial charge in [-0.05, 0) is 12.1 Å². The molecule has 20 heavy (non-hydrogen) atoms. The molecule has 0 radical (unpaired) electrons. The van der Waals surface area contributed by atoms with Gasteiger partial charge in [0.1, 0.15) is 17.7 Å². The molecule has 6 heteroatoms. The largest absolute Gasteiger partial charge is 0.493 e. The Kier molecular flexibility index (Phi) is 3.15. The lowest BCUT2D eigenvalue weighted by Gasteiger charge is -2.06. The number of aromatic amines is 1. The summed E-state index contributed by atoms with van der Waals surface area (Å²) in [6.45, 7) is 0. The minimum atomic E-state index is -0.416. The summed E-state index contributed by atoms with van der Waals surface area (Å²) < 4.78 is 5.64. The van der Waals surface area contributed by atoms with E-state index in [9.17, 15) is 9.90 Å². The topological polar surface area (TPSA) is 79.1 Å². The van der Waals surface area contributed by atoms with Crippen LogP contribution in [0, 0.1) is 0 Å². The van der Waals surface area contributed by atoms with Crippen LogP contribution < -0.4 is 5.56 Å². The number of aromatic nitrogens is 2. The Hall–Kier alpha value is -2.34. The summed E-state index contributed by atoms with van der Waals surface area (Å²) in [5.74, 6) is -0.0612. The molecule has 0 aliphatic heterocycles. The van der Waals surface area contributed by atoms with Crippen molar-refractivity contribution in [2.24, 2.45) is 0 Å². The third kappa shape index (κ3) is 2.14. The predicted octanol–water partition coefficient (Wildman–Crippen LogP) is 3.17. The summed E-state index contributed by atoms with van der Waals surface area (Å²) >= 11 is 3.35. The molecule has 2 aromatic heterocycles. The third-order valence-electron chi connectivity index (χ3n) is 2.84. The zero-order valence-corrected chi connectivity index (χ0v) is 11.7. The second-order valence-electron chi connectivity index (χ2n) is 4.11. The highest BCUT2D eigenvalue weighted by atomic mass is 79.9. The number of furan rings is 1. The van der Waals surface area contributed by atoms with Gasteiger partial charge in [-0.2, -0.15) is 4.98 Å². The molecule has 0 spiro atoms. The van der Waals surface area contributed by atoms with E-state index in [1.165, 1.54) is 12.5 Å². The summed E-state index contributed by atoms with van der Waals surface area (Å²) in [5.41, 5.74) is 0.888. The standard InChI is InChI=1S/C14H9BrN2O3/c15-10-4-2-1-3-9(10)11-13(18)16-12(17-14(11)19)8-5-6-20-7-8/h1-7H,(H2,16,17,18,19). The molecule has 0 atom stereocenters. The maximum Gasteiger partial charge on any atom is 0.262 e. The third-order valence-corrected chi connectivity index (χ3v) is 3.53. The first-order valence-corrected chi connectivity index (χ1v) is 6.57. The summed E-state index contributed by atoms with van der Waals surface area (Å²) in [6.07, 6.45) is 2.91. The van der Waals surface area contributed by atoms with Crippen molar-refractivity contribution in [1.29, 1.82) is 0 Å². The molecule has 3 aromatic rings. The number of hydrogen-bond donors (Lipinski definition) is 2. The van der Waals surface area contributed by atoms with E-state index in [0.29, 0.717) is 15.6 Å². The molecule has 0 amide bonds. The normalized spacial score (nSPS) is 10.7. The SMILES string of the molecule is O=c1[nH]c(-c2ccoc2)nc(O)c1-c1ccccc1Br. The van der Waals surface area contributed by atoms with Crippen LogP contribution in [-0.4, -0.2) is 15.1 Å². The molecule has 0 bridgehead atoms. The van der Waals surface area contributed by atoms with Gasteiger partial charge in [0.2, 0.25) is 5.88 Å². The molecule has 0 saturated carbocycles. The quantitative estimate of drug-likeness (QED) is 0.755. The number of benzene rings is 1. The molecular weight excluding hydrogens is 324 g/mol. The maximum atomic E-state index is 12.2. The van der Waals surface area contributed by atoms with Crippen molar-refractivity contribution in [1.82, 2.24) is 9.97 Å². The van der Waals surface area contributed by atoms with Crippen LogP contribution in [-0.2, 0) is 0 Å². The Balaban J connectivity index is 2.20. The number of aromatic hydroxyl groups is 1. The zero-order valence-electron chi connectivity index (χ0n) is 10.1. The summed E-state index contributed by atoms with van der Waals surface area (Å²) in [4.78, 5) is 18.9. The average Bonchev–Trinajstić information content (AvgIpc) is 2.94. The van der Waals surface area contributed by atoms with Crippen molar-refractivity contribution < 1.29 is 9.52 Å². The molecule has 0 saturated heterocycles. The van der Waals surface area contributed by atoms with E-state index < -0.39 is 5.56 Å². The van der Waals surface area contributed by atoms with Crippen LogP contribution in [0.1, 0.15) is 0 Å². The number of nitrogens with zero attached hydrogens (tertiary/aromatic N) is 1. The van der Waals surface area contributed by atoms with Gasteiger partial charge in [0.15, 0.2) is 0 Å². The van der Waals surface area contributed by atoms with E-state index >= 15 is 0 Å². The molecule has 1 aromatic carbocycles. The maximum absolute atomic E-state index is 12.2. The molecule has 0 aliphatic carbocycles. The van der Waals surface area contributed by atoms with Crippen molar-refractivity contribution in [2.75, 3.05) is 0 Å². The summed E-state index contributed by atoms with van der Waals surface area (Å²) in [7, 11) is 0. The van der Waals surface area contributed by atoms with E-state index in [4.69, 9.17) is 4.42 Å². The van der Waals surface area contributed by atoms with Crippen LogP contribution in [0.2, 0.25) is 0 Å². The molecule has 2 heterocycles. The lowest BCUT2D eigenvalue weighted by atomic mass is 10.1. The smallest absolute Gasteiger partial charge is 0.262 e. The van der Waals surface area contributed by atoms with Crippen LogP contribution in [0.25, 0.3) is 22.5 Å². The van der Waals surface area contributed by atoms with Gasteiger partial charge in [0, 0.05) is 10.0 Å². The zero-order chi connectivity index (χ0) is 14.1. The van der Waals surface area contributed by atoms with Gasteiger partial charge >= 0.3 is 0 Å². The summed E-state index contributed by atoms with van der Waals surface area (Å²) in [5, 5.41) is 10.1. The lowest BCUT2D eigenvalue weighted by Crippen LogP contribution is -2.12. The highest BCUT2D eigenvalue weighted by Gasteiger charge is 2.16. The highest BCUT2D eigenvalue weighted by molar-refractivity contribution is 9.10. The van der Waals surface area contributed by atoms with Gasteiger partial charge in [0.25, 0.3) is 5.56 Å². The molecule has 0 aliphatic rings. The molecule has 3 rings (SSSR count). The first-order valence-electron chi connectivity index (χ1n) is 5.77. The van der Waals surface area contributed by atoms with E-state index in [-0.39, 0.29) is 17.3 Å². The number of H-pyrrole nitrogens is 1. The van der Waals surface area contributed by atoms with Crippen molar-refractivity contribution in [3.63, 3.8) is 0 Å². The first kappa shape index (κ1) is 12.7. The van der Waals surface area contributed by atoms with Crippen LogP contribution in [0.15, 0.2) is 56.5 Å². The minimum Gasteiger partial charge on any atom is -0.493 e. The minimum absolute atomic E-state index is 0.129. The first-order chi connectivity index (χ1) is 9.66. The van der Waals surface area contributed by atoms with Gasteiger partial charge in [-0.15, -0.1) is 0 Å². The highest BCUT2D eigenvalue weighted by Crippen LogP contribution is 2.31. The van der Waals surface area contributed by atoms with Gasteiger partial charge in [-0.25, -0.2) is 0 Å². The van der Waals surface area contributed by atoms with Crippen LogP contribution in [0.3, 0.4) is 0 Å². The number of hydrogen-bond acceptors (Lipinski definition) is 4. The number of nitrogens with one attached hydrogen (secondary N) is 1. The molecule has 0 fully saturated rings. The Bertz CT molecular complexity index is 810. The van der Waals surface area contributed by atoms with E-state index in [2.05, 4.69) is 25.9 Å². The Labute approximate surface area is 122 Å². The second-order valence-corrected chi connectivity index (χ2v) is 4.96. The van der Waals surface area contributed by atoms with Crippen molar-refractivity contribution in [3.05, 3.63) is 57.7 Å². The fourth-order valence-corrected chi connectivity index (χ4v) is 2.39. The van der Waals surface area contributed by atoms with Crippen LogP contribution in [0.5, 0.6) is 5.88 Å². The molecule has 0 unspecified atom stereocenters. The van der Waals surface area contributed by atoms with Crippen molar-refractivity contribution >= 4 is 15.9 Å². The summed E-state index contributed by atoms with van der Waals surface area (Å²) in [6, 6.07) is 8.77. The monoisotopic (exact) mass is 332 g/mol. The Morgan fingerprint density at radius 1 is 1.25 bits per heavy atom. The Morgan fingerprint density at radius 3 is 2.70 bits per heavy atom. The van der Waals surface area contributed by atoms with E-state index in [0.717, 1.165) is 0 Å². The van der Waals surface area contributed by atoms with Gasteiger partial charge < -0.3 is 14.5 Å². The molecule has 5 nitrogen and oxygen atoms in total. The van der Waals surface area contributed by atoms with E-state index in [1.54, 1.807) is 24.3 Å². The number of rotatable bonds is 2. The fraction of sp³-hybridized carbons (Fsp3) is 0. The van der Waals surface area contributed by atoms with Crippen LogP contribution >= 0.6 is 15.9 Å². The molecule has 2 N–H and O–H groups in total. The lowest BCUT2D eigenvalue weighted by molar-refractivity contribution is 0.454. The average molecular weight is 333 g/mol. The molecule has 100 valence electrons. The van der Waals surface area contributed by atoms with E-state index in [1.807, 2.05) is 6.07 Å². The molecular formula is C14H9BrN2O3. The predicted molar refractivity (Wildman–Crippen MR) is 77.4 cm³/mol. The van der Waals surface area contributed by atoms with Gasteiger partial charge in [0.05, 0.1) is 11.8 Å². The van der Waals surface area contributed by atoms with Crippen molar-refractivity contribution in [3.8, 4) is 28.4 Å². The Morgan fingerprint density at radius 2 is 2.05 bits per heavy atom. The van der Waals surface area contributed by atoms with Gasteiger partial charge in [-0.1, -0.05) is 34.1 Å². The van der Waals surface area contributed by atoms with Crippen molar-refractivity contribution in [2.45, 2.75) is 0 Å². The second kappa shape index (κ2) is 4.97. The van der Waals surface area contributed by atoms with Crippen LogP contribution in [0.4, 0.5) is 0 Å². The fourth-order valence-electron chi connectivity index (χ4n) is 1.90.